The van der Waals surface area contributed by atoms with Crippen LogP contribution < -0.4 is 15.8 Å². The Hall–Kier alpha value is -4.24. The summed E-state index contributed by atoms with van der Waals surface area (Å²) >= 11 is 0. The molecular weight excluding hydrogens is 592 g/mol. The Bertz CT molecular complexity index is 1530. The van der Waals surface area contributed by atoms with Crippen LogP contribution >= 0.6 is 0 Å². The van der Waals surface area contributed by atoms with Crippen molar-refractivity contribution in [1.82, 2.24) is 19.8 Å². The van der Waals surface area contributed by atoms with Crippen LogP contribution in [0.2, 0.25) is 0 Å². The molecule has 238 valence electrons. The van der Waals surface area contributed by atoms with Gasteiger partial charge in [0.1, 0.15) is 18.1 Å². The fourth-order valence-electron chi connectivity index (χ4n) is 5.65. The first-order valence-corrected chi connectivity index (χ1v) is 15.9. The number of nitrogens with zero attached hydrogens (tertiary/aromatic N) is 2. The third-order valence-electron chi connectivity index (χ3n) is 7.99. The van der Waals surface area contributed by atoms with E-state index in [0.717, 1.165) is 18.2 Å². The fourth-order valence-corrected chi connectivity index (χ4v) is 6.88. The number of rotatable bonds is 10. The van der Waals surface area contributed by atoms with Crippen molar-refractivity contribution in [1.29, 1.82) is 5.41 Å². The molecule has 0 bridgehead atoms. The number of sulfonamides is 1. The highest BCUT2D eigenvalue weighted by Gasteiger charge is 2.39. The van der Waals surface area contributed by atoms with Gasteiger partial charge in [-0.1, -0.05) is 30.3 Å². The number of guanidine groups is 1. The van der Waals surface area contributed by atoms with Crippen LogP contribution in [0.25, 0.3) is 10.8 Å². The highest BCUT2D eigenvalue weighted by Crippen LogP contribution is 2.23. The number of aliphatic carboxylic acids is 1. The summed E-state index contributed by atoms with van der Waals surface area (Å²) < 4.78 is 34.5. The number of nitrogens with one attached hydrogen (secondary N) is 3. The van der Waals surface area contributed by atoms with Crippen molar-refractivity contribution in [2.24, 2.45) is 17.6 Å². The summed E-state index contributed by atoms with van der Waals surface area (Å²) in [4.78, 5) is 53.0. The Kier molecular flexibility index (Phi) is 10.4. The number of fused-ring (bicyclic) bond motifs is 1. The Labute approximate surface area is 255 Å². The van der Waals surface area contributed by atoms with Crippen LogP contribution in [0.3, 0.4) is 0 Å². The third-order valence-corrected chi connectivity index (χ3v) is 9.45. The number of esters is 1. The first kappa shape index (κ1) is 32.7. The van der Waals surface area contributed by atoms with E-state index >= 15 is 0 Å². The molecule has 0 unspecified atom stereocenters. The third kappa shape index (κ3) is 8.23. The minimum absolute atomic E-state index is 0.0401. The van der Waals surface area contributed by atoms with Crippen molar-refractivity contribution in [3.05, 3.63) is 42.5 Å². The number of hydrogen-bond donors (Lipinski definition) is 5. The van der Waals surface area contributed by atoms with E-state index in [1.165, 1.54) is 24.0 Å². The zero-order valence-electron chi connectivity index (χ0n) is 24.4. The Morgan fingerprint density at radius 3 is 2.48 bits per heavy atom. The Morgan fingerprint density at radius 1 is 1.07 bits per heavy atom. The van der Waals surface area contributed by atoms with Gasteiger partial charge in [-0.3, -0.25) is 24.6 Å². The number of hydrogen-bond acceptors (Lipinski definition) is 8. The van der Waals surface area contributed by atoms with E-state index in [2.05, 4.69) is 10.0 Å². The maximum absolute atomic E-state index is 13.5. The van der Waals surface area contributed by atoms with Crippen molar-refractivity contribution < 1.29 is 37.4 Å². The van der Waals surface area contributed by atoms with Crippen molar-refractivity contribution in [3.8, 4) is 0 Å². The molecule has 2 fully saturated rings. The maximum atomic E-state index is 13.5. The maximum Gasteiger partial charge on any atom is 0.312 e. The average Bonchev–Trinajstić information content (AvgIpc) is 2.99. The monoisotopic (exact) mass is 630 g/mol. The van der Waals surface area contributed by atoms with E-state index in [4.69, 9.17) is 15.9 Å². The van der Waals surface area contributed by atoms with Gasteiger partial charge in [0.15, 0.2) is 5.96 Å². The van der Waals surface area contributed by atoms with Gasteiger partial charge in [0, 0.05) is 46.1 Å². The fraction of sp³-hybridized carbons (Fsp3) is 0.483. The molecule has 2 amide bonds. The number of carbonyl (C=O) groups excluding carboxylic acids is 3. The largest absolute Gasteiger partial charge is 0.481 e. The zero-order chi connectivity index (χ0) is 32.0. The van der Waals surface area contributed by atoms with Crippen LogP contribution in [0.4, 0.5) is 0 Å². The number of carboxylic acid groups (broad SMARTS) is 1. The van der Waals surface area contributed by atoms with E-state index in [9.17, 15) is 32.7 Å². The van der Waals surface area contributed by atoms with Crippen molar-refractivity contribution >= 4 is 50.5 Å². The molecule has 2 heterocycles. The minimum atomic E-state index is -4.27. The number of piperidine rings is 2. The number of carboxylic acids is 1. The second-order valence-corrected chi connectivity index (χ2v) is 12.9. The van der Waals surface area contributed by atoms with Crippen LogP contribution in [0, 0.1) is 17.2 Å². The molecule has 14 nitrogen and oxygen atoms in total. The van der Waals surface area contributed by atoms with E-state index in [1.807, 2.05) is 12.1 Å². The molecule has 0 aromatic heterocycles. The standard InChI is InChI=1S/C29H38N6O8S/c1-18(36)43-25-10-12-34(17-23(25)28(39)40)26(37)14-24(27(38)32-15-19-5-4-11-35(16-19)29(30)31)33-44(41,42)22-9-8-20-6-2-3-7-21(20)13-22/h2-3,6-9,13,19,23-25,33H,4-5,10-12,14-17H2,1H3,(H3,30,31)(H,32,38)(H,39,40)/t19-,23-,24+,25-/m0/s1. The van der Waals surface area contributed by atoms with Crippen molar-refractivity contribution in [2.75, 3.05) is 32.7 Å². The first-order valence-electron chi connectivity index (χ1n) is 14.4. The summed E-state index contributed by atoms with van der Waals surface area (Å²) in [5.41, 5.74) is 5.62. The molecule has 6 N–H and O–H groups in total. The molecule has 2 aliphatic rings. The van der Waals surface area contributed by atoms with Crippen molar-refractivity contribution in [2.45, 2.75) is 49.6 Å². The molecule has 0 aliphatic carbocycles. The quantitative estimate of drug-likeness (QED) is 0.139. The summed E-state index contributed by atoms with van der Waals surface area (Å²) in [6.45, 7) is 2.24. The molecule has 44 heavy (non-hydrogen) atoms. The number of nitrogens with two attached hydrogens (primary N) is 1. The van der Waals surface area contributed by atoms with Crippen LogP contribution in [-0.2, 0) is 33.9 Å². The van der Waals surface area contributed by atoms with E-state index in [-0.39, 0.29) is 42.8 Å². The van der Waals surface area contributed by atoms with Gasteiger partial charge in [0.05, 0.1) is 11.3 Å². The number of likely N-dealkylation sites (tertiary alicyclic amines) is 2. The molecule has 2 saturated heterocycles. The second kappa shape index (κ2) is 14.0. The highest BCUT2D eigenvalue weighted by atomic mass is 32.2. The topological polar surface area (TPSA) is 212 Å². The number of carbonyl (C=O) groups is 4. The summed E-state index contributed by atoms with van der Waals surface area (Å²) in [5.74, 6) is -4.50. The number of ether oxygens (including phenoxy) is 1. The van der Waals surface area contributed by atoms with Gasteiger partial charge >= 0.3 is 11.9 Å². The molecule has 0 spiro atoms. The van der Waals surface area contributed by atoms with Crippen LogP contribution in [0.15, 0.2) is 47.4 Å². The molecular formula is C29H38N6O8S. The predicted molar refractivity (Wildman–Crippen MR) is 160 cm³/mol. The van der Waals surface area contributed by atoms with Gasteiger partial charge in [-0.15, -0.1) is 0 Å². The van der Waals surface area contributed by atoms with E-state index in [1.54, 1.807) is 23.1 Å². The average molecular weight is 631 g/mol. The minimum Gasteiger partial charge on any atom is -0.481 e. The SMILES string of the molecule is CC(=O)O[C@H]1CCN(C(=O)C[C@@H](NS(=O)(=O)c2ccc3ccccc3c2)C(=O)NC[C@@H]2CCCN(C(=N)N)C2)C[C@@H]1C(=O)O. The van der Waals surface area contributed by atoms with Crippen LogP contribution in [0.1, 0.15) is 32.6 Å². The van der Waals surface area contributed by atoms with Crippen LogP contribution in [0.5, 0.6) is 0 Å². The smallest absolute Gasteiger partial charge is 0.312 e. The Morgan fingerprint density at radius 2 is 1.80 bits per heavy atom. The summed E-state index contributed by atoms with van der Waals surface area (Å²) in [6, 6.07) is 10.2. The van der Waals surface area contributed by atoms with Gasteiger partial charge in [-0.2, -0.15) is 4.72 Å². The number of benzene rings is 2. The van der Waals surface area contributed by atoms with Gasteiger partial charge < -0.3 is 30.7 Å². The van der Waals surface area contributed by atoms with Gasteiger partial charge in [-0.25, -0.2) is 8.42 Å². The predicted octanol–water partition coefficient (Wildman–Crippen LogP) is 0.463. The molecule has 4 atom stereocenters. The molecule has 15 heteroatoms. The van der Waals surface area contributed by atoms with E-state index in [0.29, 0.717) is 18.5 Å². The van der Waals surface area contributed by atoms with E-state index < -0.39 is 58.3 Å². The Balaban J connectivity index is 1.51. The zero-order valence-corrected chi connectivity index (χ0v) is 25.2. The molecule has 0 radical (unpaired) electrons. The lowest BCUT2D eigenvalue weighted by Crippen LogP contribution is -2.54. The second-order valence-electron chi connectivity index (χ2n) is 11.2. The molecule has 4 rings (SSSR count). The molecule has 2 aliphatic heterocycles. The van der Waals surface area contributed by atoms with Gasteiger partial charge in [0.25, 0.3) is 0 Å². The van der Waals surface area contributed by atoms with Gasteiger partial charge in [0.2, 0.25) is 21.8 Å². The summed E-state index contributed by atoms with van der Waals surface area (Å²) in [5, 5.41) is 21.6. The molecule has 2 aromatic carbocycles. The highest BCUT2D eigenvalue weighted by molar-refractivity contribution is 7.89. The molecule has 2 aromatic rings. The normalized spacial score (nSPS) is 21.3. The summed E-state index contributed by atoms with van der Waals surface area (Å²) in [6.07, 6.45) is 0.142. The molecule has 0 saturated carbocycles. The van der Waals surface area contributed by atoms with Gasteiger partial charge in [-0.05, 0) is 41.7 Å². The van der Waals surface area contributed by atoms with Crippen LogP contribution in [-0.4, -0.2) is 97.9 Å². The lowest BCUT2D eigenvalue weighted by molar-refractivity contribution is -0.163. The lowest BCUT2D eigenvalue weighted by atomic mass is 9.94. The van der Waals surface area contributed by atoms with Crippen molar-refractivity contribution in [3.63, 3.8) is 0 Å². The first-order chi connectivity index (χ1) is 20.8. The summed E-state index contributed by atoms with van der Waals surface area (Å²) in [7, 11) is -4.27. The lowest BCUT2D eigenvalue weighted by Gasteiger charge is -2.36. The number of amides is 2.